The average Bonchev–Trinajstić information content (AvgIpc) is 1.58. The molecule has 0 bridgehead atoms. The third-order valence-electron chi connectivity index (χ3n) is 23.8. The number of fused-ring (bicyclic) bond motifs is 1. The second kappa shape index (κ2) is 56.3. The molecule has 0 saturated carbocycles. The van der Waals surface area contributed by atoms with Gasteiger partial charge in [-0.2, -0.15) is 0 Å². The Hall–Kier alpha value is -14.6. The molecule has 10 aromatic rings. The molecule has 0 spiro atoms. The number of aliphatic hydroxyl groups excluding tert-OH is 3. The summed E-state index contributed by atoms with van der Waals surface area (Å²) in [6, 6.07) is 86.4. The number of nitrogens with zero attached hydrogens (tertiary/aromatic N) is 5. The van der Waals surface area contributed by atoms with E-state index in [-0.39, 0.29) is 104 Å². The van der Waals surface area contributed by atoms with Gasteiger partial charge in [0.25, 0.3) is 0 Å². The van der Waals surface area contributed by atoms with Gasteiger partial charge in [-0.1, -0.05) is 303 Å². The summed E-state index contributed by atoms with van der Waals surface area (Å²) in [6.45, 7) is 1.32. The lowest BCUT2D eigenvalue weighted by molar-refractivity contribution is -0.154. The highest BCUT2D eigenvalue weighted by Crippen LogP contribution is 2.38. The summed E-state index contributed by atoms with van der Waals surface area (Å²) in [5.41, 5.74) is 8.20. The molecule has 36 heteroatoms. The number of hydrogen-bond acceptors (Lipinski definition) is 29. The zero-order valence-electron chi connectivity index (χ0n) is 79.8. The summed E-state index contributed by atoms with van der Waals surface area (Å²) in [6.07, 6.45) is -11.5. The van der Waals surface area contributed by atoms with Gasteiger partial charge in [0.15, 0.2) is 42.7 Å². The largest absolute Gasteiger partial charge is 0.459 e. The molecule has 762 valence electrons. The average molecular weight is 1990 g/mol. The summed E-state index contributed by atoms with van der Waals surface area (Å²) in [5.74, 6) is -3.37. The van der Waals surface area contributed by atoms with E-state index in [9.17, 15) is 66.9 Å². The molecule has 10 aromatic carbocycles. The number of ether oxygens (including phenoxy) is 16. The Morgan fingerprint density at radius 3 is 0.819 bits per heavy atom. The van der Waals surface area contributed by atoms with Crippen molar-refractivity contribution in [2.75, 3.05) is 67.8 Å². The SMILES string of the molecule is CO[C@@H]1CN(C(=O)OCc2ccccc2)[C@H](C(=O)OCc2ccccc2)[C@H]1F.CO[C@H]1CN(C(=O)OCc2ccccc2)[C@H](C(=O)OCc2ccccc2)[C@H]1O.CO[C@H]1[C@@H](C(=O)OCc2ccccc2)N(C(=O)OCc2ccccc2)C[C@@H]1F.CO[C@H]1[C@@H](C(=O)OCc2ccccc2)N(C(=O)OCc2ccccc2)C[C@@H]1O.O=C(OCc1ccccc1)[C@@H]1C2OC2CN1C(=O)OCc1ccccc1.OC1CCCO1. The summed E-state index contributed by atoms with van der Waals surface area (Å²) in [4.78, 5) is 131. The smallest absolute Gasteiger partial charge is 0.411 e. The van der Waals surface area contributed by atoms with E-state index in [1.807, 2.05) is 255 Å². The minimum Gasteiger partial charge on any atom is -0.459 e. The third-order valence-corrected chi connectivity index (χ3v) is 23.8. The van der Waals surface area contributed by atoms with Crippen LogP contribution in [0.1, 0.15) is 68.5 Å². The molecule has 3 N–H and O–H groups in total. The van der Waals surface area contributed by atoms with E-state index in [2.05, 4.69) is 0 Å². The van der Waals surface area contributed by atoms with Crippen LogP contribution in [0.3, 0.4) is 0 Å². The van der Waals surface area contributed by atoms with Gasteiger partial charge in [-0.15, -0.1) is 0 Å². The zero-order chi connectivity index (χ0) is 102. The second-order valence-electron chi connectivity index (χ2n) is 33.7. The van der Waals surface area contributed by atoms with E-state index in [0.717, 1.165) is 94.7 Å². The van der Waals surface area contributed by atoms with E-state index in [1.54, 1.807) is 48.5 Å². The molecule has 5 amide bonds. The van der Waals surface area contributed by atoms with Crippen molar-refractivity contribution in [1.82, 2.24) is 24.5 Å². The lowest BCUT2D eigenvalue weighted by Crippen LogP contribution is -2.47. The number of methoxy groups -OCH3 is 4. The number of carbonyl (C=O) groups is 10. The fourth-order valence-electron chi connectivity index (χ4n) is 16.1. The van der Waals surface area contributed by atoms with E-state index in [0.29, 0.717) is 6.54 Å². The number of likely N-dealkylation sites (tertiary alicyclic amines) is 5. The Morgan fingerprint density at radius 2 is 0.542 bits per heavy atom. The van der Waals surface area contributed by atoms with Crippen LogP contribution in [0.25, 0.3) is 0 Å². The number of β-amino-alcohol motifs (C(OH)–C–C–N with tert-alkyl or cyclic N) is 1. The van der Waals surface area contributed by atoms with Crippen LogP contribution in [-0.2, 0) is 166 Å². The van der Waals surface area contributed by atoms with Crippen molar-refractivity contribution in [3.63, 3.8) is 0 Å². The van der Waals surface area contributed by atoms with E-state index in [1.165, 1.54) is 33.3 Å². The molecule has 7 aliphatic rings. The number of amides is 5. The monoisotopic (exact) mass is 1990 g/mol. The first kappa shape index (κ1) is 108. The van der Waals surface area contributed by atoms with Gasteiger partial charge < -0.3 is 91.1 Å². The fourth-order valence-corrected chi connectivity index (χ4v) is 16.1. The number of halogens is 2. The highest BCUT2D eigenvalue weighted by atomic mass is 19.1. The quantitative estimate of drug-likeness (QED) is 0.0223. The highest BCUT2D eigenvalue weighted by Gasteiger charge is 2.61. The number of esters is 5. The minimum absolute atomic E-state index is 0.00650. The molecule has 0 radical (unpaired) electrons. The zero-order valence-corrected chi connectivity index (χ0v) is 79.8. The van der Waals surface area contributed by atoms with Crippen molar-refractivity contribution < 1.29 is 148 Å². The van der Waals surface area contributed by atoms with Gasteiger partial charge in [0.2, 0.25) is 0 Å². The summed E-state index contributed by atoms with van der Waals surface area (Å²) in [7, 11) is 5.43. The van der Waals surface area contributed by atoms with E-state index < -0.39 is 146 Å². The highest BCUT2D eigenvalue weighted by molar-refractivity contribution is 5.87. The molecule has 17 rings (SSSR count). The normalized spacial score (nSPS) is 22.2. The molecule has 144 heavy (non-hydrogen) atoms. The number of hydrogen-bond donors (Lipinski definition) is 3. The predicted molar refractivity (Wildman–Crippen MR) is 512 cm³/mol. The maximum Gasteiger partial charge on any atom is 0.411 e. The number of morpholine rings is 1. The van der Waals surface area contributed by atoms with Crippen molar-refractivity contribution in [3.05, 3.63) is 359 Å². The van der Waals surface area contributed by atoms with Crippen molar-refractivity contribution in [1.29, 1.82) is 0 Å². The van der Waals surface area contributed by atoms with Crippen LogP contribution in [0.5, 0.6) is 0 Å². The first-order valence-electron chi connectivity index (χ1n) is 46.6. The molecule has 7 fully saturated rings. The maximum absolute atomic E-state index is 14.7. The summed E-state index contributed by atoms with van der Waals surface area (Å²) >= 11 is 0. The van der Waals surface area contributed by atoms with Gasteiger partial charge in [-0.3, -0.25) is 24.5 Å². The van der Waals surface area contributed by atoms with E-state index >= 15 is 0 Å². The first-order chi connectivity index (χ1) is 70.0. The standard InChI is InChI=1S/2C21H22FNO5.2C21H23NO6.C20H19NO5.C4H8O2/c1-26-19-17(22)12-23(21(25)28-14-16-10-6-3-7-11-16)18(19)20(24)27-13-15-8-4-2-5-9-15;1-26-17-12-23(21(25)28-14-16-10-6-3-7-11-16)19(18(17)22)20(24)27-13-15-8-4-2-5-9-15;1-26-17-12-22(21(25)28-14-16-10-6-3-7-11-16)18(19(17)23)20(24)27-13-15-8-4-2-5-9-15;1-26-19-17(23)12-22(21(25)28-14-16-10-6-3-7-11-16)18(19)20(24)27-13-15-8-4-2-5-9-15;22-19(24-12-14-7-3-1-4-8-14)17-18-16(26-18)11-21(17)20(23)25-13-15-9-5-2-6-10-15;5-4-2-1-3-6-4/h2*2-11,17-19H,12-14H2,1H3;2*2-11,17-19,23H,12-14H2,1H3;1-10,16-18H,11-13H2;4-5H,1-3H2/t17-,18-,19+;17-,18+,19+;17-,18-,19-;17-,18-,19+;16?,17-,18?;/m01000./s1. The van der Waals surface area contributed by atoms with Crippen LogP contribution in [0.15, 0.2) is 303 Å². The Labute approximate surface area is 831 Å². The molecule has 7 heterocycles. The number of rotatable bonds is 29. The summed E-state index contributed by atoms with van der Waals surface area (Å²) < 4.78 is 113. The molecule has 0 aromatic heterocycles. The molecular weight excluding hydrogens is 1870 g/mol. The molecule has 7 saturated heterocycles. The van der Waals surface area contributed by atoms with Crippen molar-refractivity contribution in [3.8, 4) is 0 Å². The lowest BCUT2D eigenvalue weighted by atomic mass is 10.1. The Bertz CT molecular complexity index is 5250. The summed E-state index contributed by atoms with van der Waals surface area (Å²) in [5, 5.41) is 29.2. The third kappa shape index (κ3) is 32.0. The molecule has 16 atom stereocenters. The number of aliphatic hydroxyl groups is 3. The van der Waals surface area contributed by atoms with Crippen LogP contribution >= 0.6 is 0 Å². The van der Waals surface area contributed by atoms with Gasteiger partial charge in [-0.25, -0.2) is 56.7 Å². The molecule has 34 nitrogen and oxygen atoms in total. The van der Waals surface area contributed by atoms with Crippen LogP contribution in [0, 0.1) is 0 Å². The van der Waals surface area contributed by atoms with Gasteiger partial charge in [0.1, 0.15) is 121 Å². The molecule has 7 aliphatic heterocycles. The predicted octanol–water partition coefficient (Wildman–Crippen LogP) is 13.1. The van der Waals surface area contributed by atoms with Gasteiger partial charge in [0.05, 0.1) is 32.7 Å². The number of benzene rings is 10. The molecule has 3 unspecified atom stereocenters. The van der Waals surface area contributed by atoms with Gasteiger partial charge in [0, 0.05) is 41.5 Å². The van der Waals surface area contributed by atoms with Crippen LogP contribution in [0.2, 0.25) is 0 Å². The molecular formula is C108H117F2N5O29. The van der Waals surface area contributed by atoms with Crippen LogP contribution in [-0.4, -0.2) is 266 Å². The van der Waals surface area contributed by atoms with Crippen LogP contribution < -0.4 is 0 Å². The fraction of sp³-hybridized carbons (Fsp3) is 0.352. The minimum atomic E-state index is -1.70. The van der Waals surface area contributed by atoms with Gasteiger partial charge >= 0.3 is 60.3 Å². The van der Waals surface area contributed by atoms with Crippen molar-refractivity contribution in [2.45, 2.75) is 177 Å². The Balaban J connectivity index is 0.000000158. The number of epoxide rings is 1. The van der Waals surface area contributed by atoms with Gasteiger partial charge in [-0.05, 0) is 62.1 Å². The van der Waals surface area contributed by atoms with Crippen molar-refractivity contribution in [2.24, 2.45) is 0 Å². The lowest BCUT2D eigenvalue weighted by Gasteiger charge is -2.25. The number of carbonyl (C=O) groups excluding carboxylic acids is 10. The second-order valence-corrected chi connectivity index (χ2v) is 33.7. The van der Waals surface area contributed by atoms with E-state index in [4.69, 9.17) is 80.9 Å². The number of alkyl halides is 2. The first-order valence-corrected chi connectivity index (χ1v) is 46.6. The topological polar surface area (TPSA) is 399 Å². The van der Waals surface area contributed by atoms with Crippen molar-refractivity contribution >= 4 is 60.3 Å². The Morgan fingerprint density at radius 1 is 0.292 bits per heavy atom. The maximum atomic E-state index is 14.7. The Kier molecular flexibility index (Phi) is 42.3. The van der Waals surface area contributed by atoms with Crippen LogP contribution in [0.4, 0.5) is 32.8 Å². The molecule has 0 aliphatic carbocycles.